The third-order valence-electron chi connectivity index (χ3n) is 4.14. The summed E-state index contributed by atoms with van der Waals surface area (Å²) in [5.41, 5.74) is 1.89. The van der Waals surface area contributed by atoms with Crippen LogP contribution in [0, 0.1) is 23.0 Å². The van der Waals surface area contributed by atoms with Gasteiger partial charge in [-0.1, -0.05) is 19.3 Å². The number of aryl methyl sites for hydroxylation is 1. The fourth-order valence-corrected chi connectivity index (χ4v) is 2.97. The van der Waals surface area contributed by atoms with E-state index in [1.807, 2.05) is 12.1 Å². The summed E-state index contributed by atoms with van der Waals surface area (Å²) in [7, 11) is 0. The number of hydrogen-bond donors (Lipinski definition) is 1. The minimum Gasteiger partial charge on any atom is -0.382 e. The minimum atomic E-state index is -0.330. The van der Waals surface area contributed by atoms with Crippen LogP contribution >= 0.6 is 0 Å². The maximum atomic E-state index is 10.8. The molecule has 1 fully saturated rings. The molecule has 0 spiro atoms. The number of nitro groups is 1. The molecule has 2 rings (SSSR count). The van der Waals surface area contributed by atoms with Gasteiger partial charge in [0.15, 0.2) is 0 Å². The quantitative estimate of drug-likeness (QED) is 0.650. The van der Waals surface area contributed by atoms with E-state index >= 15 is 0 Å². The molecule has 0 heterocycles. The topological polar surface area (TPSA) is 55.2 Å². The molecule has 1 unspecified atom stereocenters. The summed E-state index contributed by atoms with van der Waals surface area (Å²) in [4.78, 5) is 10.5. The van der Waals surface area contributed by atoms with Crippen molar-refractivity contribution in [1.29, 1.82) is 0 Å². The number of anilines is 1. The largest absolute Gasteiger partial charge is 0.382 e. The van der Waals surface area contributed by atoms with Gasteiger partial charge < -0.3 is 5.32 Å². The number of rotatable bonds is 4. The lowest BCUT2D eigenvalue weighted by atomic mass is 9.84. The molecular weight excluding hydrogens is 240 g/mol. The van der Waals surface area contributed by atoms with E-state index in [2.05, 4.69) is 12.2 Å². The minimum absolute atomic E-state index is 0.191. The Hall–Kier alpha value is -1.58. The van der Waals surface area contributed by atoms with E-state index in [0.717, 1.165) is 11.6 Å². The zero-order valence-corrected chi connectivity index (χ0v) is 11.7. The smallest absolute Gasteiger partial charge is 0.272 e. The molecule has 1 N–H and O–H groups in total. The first kappa shape index (κ1) is 13.8. The lowest BCUT2D eigenvalue weighted by Gasteiger charge is -2.29. The highest BCUT2D eigenvalue weighted by atomic mass is 16.6. The van der Waals surface area contributed by atoms with Crippen LogP contribution in [0.5, 0.6) is 0 Å². The van der Waals surface area contributed by atoms with Crippen LogP contribution in [-0.2, 0) is 0 Å². The van der Waals surface area contributed by atoms with Crippen molar-refractivity contribution in [1.82, 2.24) is 0 Å². The van der Waals surface area contributed by atoms with Gasteiger partial charge in [-0.05, 0) is 44.7 Å². The fraction of sp³-hybridized carbons (Fsp3) is 0.600. The second kappa shape index (κ2) is 6.04. The zero-order chi connectivity index (χ0) is 13.8. The Morgan fingerprint density at radius 3 is 2.58 bits per heavy atom. The molecule has 4 heteroatoms. The SMILES string of the molecule is Cc1cc(NC(C)C2CCCCC2)ccc1[N+](=O)[O-]. The monoisotopic (exact) mass is 262 g/mol. The third kappa shape index (κ3) is 3.46. The number of benzene rings is 1. The molecule has 1 atom stereocenters. The van der Waals surface area contributed by atoms with Gasteiger partial charge in [0.2, 0.25) is 0 Å². The van der Waals surface area contributed by atoms with Gasteiger partial charge in [-0.25, -0.2) is 0 Å². The predicted molar refractivity (Wildman–Crippen MR) is 77.5 cm³/mol. The van der Waals surface area contributed by atoms with Crippen molar-refractivity contribution in [3.05, 3.63) is 33.9 Å². The molecule has 1 aromatic rings. The summed E-state index contributed by atoms with van der Waals surface area (Å²) >= 11 is 0. The van der Waals surface area contributed by atoms with Crippen molar-refractivity contribution in [2.24, 2.45) is 5.92 Å². The summed E-state index contributed by atoms with van der Waals surface area (Å²) in [6, 6.07) is 5.70. The molecule has 4 nitrogen and oxygen atoms in total. The standard InChI is InChI=1S/C15H22N2O2/c1-11-10-14(8-9-15(11)17(18)19)16-12(2)13-6-4-3-5-7-13/h8-10,12-13,16H,3-7H2,1-2H3. The van der Waals surface area contributed by atoms with Crippen LogP contribution in [0.2, 0.25) is 0 Å². The Labute approximate surface area is 114 Å². The molecule has 1 aliphatic carbocycles. The first-order chi connectivity index (χ1) is 9.08. The van der Waals surface area contributed by atoms with E-state index < -0.39 is 0 Å². The Morgan fingerprint density at radius 1 is 1.32 bits per heavy atom. The summed E-state index contributed by atoms with van der Waals surface area (Å²) in [6.45, 7) is 4.00. The lowest BCUT2D eigenvalue weighted by Crippen LogP contribution is -2.27. The fourth-order valence-electron chi connectivity index (χ4n) is 2.97. The highest BCUT2D eigenvalue weighted by Crippen LogP contribution is 2.29. The second-order valence-corrected chi connectivity index (χ2v) is 5.59. The Morgan fingerprint density at radius 2 is 2.00 bits per heavy atom. The van der Waals surface area contributed by atoms with E-state index in [1.54, 1.807) is 13.0 Å². The van der Waals surface area contributed by atoms with Gasteiger partial charge >= 0.3 is 0 Å². The maximum Gasteiger partial charge on any atom is 0.272 e. The average molecular weight is 262 g/mol. The number of nitrogens with zero attached hydrogens (tertiary/aromatic N) is 1. The van der Waals surface area contributed by atoms with Crippen molar-refractivity contribution >= 4 is 11.4 Å². The van der Waals surface area contributed by atoms with Gasteiger partial charge in [0.25, 0.3) is 5.69 Å². The molecule has 0 saturated heterocycles. The first-order valence-electron chi connectivity index (χ1n) is 7.09. The van der Waals surface area contributed by atoms with Crippen LogP contribution in [-0.4, -0.2) is 11.0 Å². The van der Waals surface area contributed by atoms with Gasteiger partial charge in [0.1, 0.15) is 0 Å². The lowest BCUT2D eigenvalue weighted by molar-refractivity contribution is -0.385. The van der Waals surface area contributed by atoms with Gasteiger partial charge in [-0.2, -0.15) is 0 Å². The molecule has 19 heavy (non-hydrogen) atoms. The molecule has 0 radical (unpaired) electrons. The molecule has 0 aromatic heterocycles. The van der Waals surface area contributed by atoms with Gasteiger partial charge in [0, 0.05) is 23.4 Å². The normalized spacial score (nSPS) is 18.0. The van der Waals surface area contributed by atoms with Crippen molar-refractivity contribution in [2.75, 3.05) is 5.32 Å². The van der Waals surface area contributed by atoms with Crippen LogP contribution in [0.4, 0.5) is 11.4 Å². The molecule has 1 saturated carbocycles. The second-order valence-electron chi connectivity index (χ2n) is 5.59. The van der Waals surface area contributed by atoms with Crippen LogP contribution in [0.15, 0.2) is 18.2 Å². The van der Waals surface area contributed by atoms with Gasteiger partial charge in [-0.3, -0.25) is 10.1 Å². The van der Waals surface area contributed by atoms with Crippen molar-refractivity contribution < 1.29 is 4.92 Å². The van der Waals surface area contributed by atoms with E-state index in [1.165, 1.54) is 32.1 Å². The van der Waals surface area contributed by atoms with E-state index in [4.69, 9.17) is 0 Å². The van der Waals surface area contributed by atoms with E-state index in [0.29, 0.717) is 11.6 Å². The molecule has 0 aliphatic heterocycles. The van der Waals surface area contributed by atoms with E-state index in [9.17, 15) is 10.1 Å². The van der Waals surface area contributed by atoms with Crippen LogP contribution in [0.3, 0.4) is 0 Å². The summed E-state index contributed by atoms with van der Waals surface area (Å²) in [6.07, 6.45) is 6.60. The third-order valence-corrected chi connectivity index (χ3v) is 4.14. The molecular formula is C15H22N2O2. The van der Waals surface area contributed by atoms with Crippen LogP contribution < -0.4 is 5.32 Å². The Kier molecular flexibility index (Phi) is 4.40. The van der Waals surface area contributed by atoms with E-state index in [-0.39, 0.29) is 10.6 Å². The summed E-state index contributed by atoms with van der Waals surface area (Å²) in [5.74, 6) is 0.726. The number of hydrogen-bond acceptors (Lipinski definition) is 3. The zero-order valence-electron chi connectivity index (χ0n) is 11.7. The Bertz CT molecular complexity index is 453. The Balaban J connectivity index is 2.02. The summed E-state index contributed by atoms with van der Waals surface area (Å²) < 4.78 is 0. The van der Waals surface area contributed by atoms with Gasteiger partial charge in [-0.15, -0.1) is 0 Å². The molecule has 0 bridgehead atoms. The highest BCUT2D eigenvalue weighted by molar-refractivity contribution is 5.54. The van der Waals surface area contributed by atoms with Crippen molar-refractivity contribution in [3.63, 3.8) is 0 Å². The van der Waals surface area contributed by atoms with Crippen molar-refractivity contribution in [3.8, 4) is 0 Å². The predicted octanol–water partition coefficient (Wildman–Crippen LogP) is 4.28. The van der Waals surface area contributed by atoms with Crippen molar-refractivity contribution in [2.45, 2.75) is 52.0 Å². The first-order valence-corrected chi connectivity index (χ1v) is 7.09. The highest BCUT2D eigenvalue weighted by Gasteiger charge is 2.20. The van der Waals surface area contributed by atoms with Gasteiger partial charge in [0.05, 0.1) is 4.92 Å². The molecule has 1 aromatic carbocycles. The molecule has 104 valence electrons. The van der Waals surface area contributed by atoms with Crippen LogP contribution in [0.25, 0.3) is 0 Å². The number of nitrogens with one attached hydrogen (secondary N) is 1. The molecule has 1 aliphatic rings. The summed E-state index contributed by atoms with van der Waals surface area (Å²) in [5, 5.41) is 14.3. The number of nitro benzene ring substituents is 1. The average Bonchev–Trinajstić information content (AvgIpc) is 2.39. The molecule has 0 amide bonds. The van der Waals surface area contributed by atoms with Crippen LogP contribution in [0.1, 0.15) is 44.6 Å². The maximum absolute atomic E-state index is 10.8.